The molecule has 1 fully saturated rings. The van der Waals surface area contributed by atoms with Crippen molar-refractivity contribution in [2.75, 3.05) is 19.7 Å². The van der Waals surface area contributed by atoms with Crippen molar-refractivity contribution in [2.45, 2.75) is 19.8 Å². The van der Waals surface area contributed by atoms with E-state index in [1.807, 2.05) is 18.2 Å². The number of ether oxygens (including phenoxy) is 2. The Bertz CT molecular complexity index is 366. The van der Waals surface area contributed by atoms with Gasteiger partial charge in [0.1, 0.15) is 0 Å². The fourth-order valence-corrected chi connectivity index (χ4v) is 1.91. The number of hydrogen-bond acceptors (Lipinski definition) is 4. The van der Waals surface area contributed by atoms with Crippen molar-refractivity contribution < 1.29 is 14.3 Å². The summed E-state index contributed by atoms with van der Waals surface area (Å²) in [6.07, 6.45) is -0.426. The summed E-state index contributed by atoms with van der Waals surface area (Å²) in [4.78, 5) is 13.1. The van der Waals surface area contributed by atoms with Gasteiger partial charge in [-0.3, -0.25) is 9.69 Å². The van der Waals surface area contributed by atoms with Gasteiger partial charge in [-0.1, -0.05) is 30.3 Å². The second-order valence-corrected chi connectivity index (χ2v) is 4.13. The van der Waals surface area contributed by atoms with E-state index in [-0.39, 0.29) is 5.97 Å². The molecule has 0 spiro atoms. The zero-order valence-electron chi connectivity index (χ0n) is 9.96. The molecule has 1 atom stereocenters. The number of hydrogen-bond donors (Lipinski definition) is 0. The van der Waals surface area contributed by atoms with Crippen molar-refractivity contribution in [1.29, 1.82) is 0 Å². The second kappa shape index (κ2) is 5.80. The number of nitrogens with zero attached hydrogens (tertiary/aromatic N) is 1. The standard InChI is InChI=1S/C13H17NO3/c1-11(15)17-13-10-14(7-8-16-13)9-12-5-3-2-4-6-12/h2-6,13H,7-10H2,1H3. The normalized spacial score (nSPS) is 21.1. The molecule has 4 nitrogen and oxygen atoms in total. The first-order valence-corrected chi connectivity index (χ1v) is 5.79. The quantitative estimate of drug-likeness (QED) is 0.742. The van der Waals surface area contributed by atoms with Gasteiger partial charge in [0.05, 0.1) is 13.2 Å². The molecule has 0 N–H and O–H groups in total. The minimum atomic E-state index is -0.426. The van der Waals surface area contributed by atoms with E-state index in [0.29, 0.717) is 13.2 Å². The Morgan fingerprint density at radius 3 is 2.94 bits per heavy atom. The first kappa shape index (κ1) is 12.1. The van der Waals surface area contributed by atoms with Crippen molar-refractivity contribution in [3.05, 3.63) is 35.9 Å². The fourth-order valence-electron chi connectivity index (χ4n) is 1.91. The molecule has 1 aromatic carbocycles. The van der Waals surface area contributed by atoms with Gasteiger partial charge < -0.3 is 9.47 Å². The van der Waals surface area contributed by atoms with Crippen molar-refractivity contribution in [3.63, 3.8) is 0 Å². The van der Waals surface area contributed by atoms with E-state index in [2.05, 4.69) is 17.0 Å². The molecule has 0 aliphatic carbocycles. The van der Waals surface area contributed by atoms with Crippen LogP contribution in [-0.4, -0.2) is 36.9 Å². The Hall–Kier alpha value is -1.39. The number of carbonyl (C=O) groups is 1. The van der Waals surface area contributed by atoms with Crippen molar-refractivity contribution in [2.24, 2.45) is 0 Å². The summed E-state index contributed by atoms with van der Waals surface area (Å²) in [7, 11) is 0. The van der Waals surface area contributed by atoms with E-state index >= 15 is 0 Å². The number of esters is 1. The fraction of sp³-hybridized carbons (Fsp3) is 0.462. The molecule has 0 amide bonds. The summed E-state index contributed by atoms with van der Waals surface area (Å²) >= 11 is 0. The first-order valence-electron chi connectivity index (χ1n) is 5.79. The zero-order chi connectivity index (χ0) is 12.1. The predicted octanol–water partition coefficient (Wildman–Crippen LogP) is 1.41. The van der Waals surface area contributed by atoms with Crippen molar-refractivity contribution in [3.8, 4) is 0 Å². The third-order valence-electron chi connectivity index (χ3n) is 2.66. The van der Waals surface area contributed by atoms with E-state index < -0.39 is 6.29 Å². The Kier molecular flexibility index (Phi) is 4.12. The summed E-state index contributed by atoms with van der Waals surface area (Å²) in [6.45, 7) is 4.37. The third-order valence-corrected chi connectivity index (χ3v) is 2.66. The SMILES string of the molecule is CC(=O)OC1CN(Cc2ccccc2)CCO1. The lowest BCUT2D eigenvalue weighted by Crippen LogP contribution is -2.43. The molecule has 1 aliphatic heterocycles. The maximum Gasteiger partial charge on any atom is 0.304 e. The molecule has 1 heterocycles. The van der Waals surface area contributed by atoms with Crippen LogP contribution in [0.1, 0.15) is 12.5 Å². The smallest absolute Gasteiger partial charge is 0.304 e. The van der Waals surface area contributed by atoms with Crippen LogP contribution in [0, 0.1) is 0 Å². The van der Waals surface area contributed by atoms with Crippen LogP contribution >= 0.6 is 0 Å². The Labute approximate surface area is 101 Å². The molecule has 0 bridgehead atoms. The van der Waals surface area contributed by atoms with Crippen LogP contribution in [0.4, 0.5) is 0 Å². The minimum absolute atomic E-state index is 0.295. The van der Waals surface area contributed by atoms with Gasteiger partial charge in [-0.25, -0.2) is 0 Å². The molecule has 17 heavy (non-hydrogen) atoms. The molecular formula is C13H17NO3. The van der Waals surface area contributed by atoms with Gasteiger partial charge in [0, 0.05) is 20.0 Å². The monoisotopic (exact) mass is 235 g/mol. The van der Waals surface area contributed by atoms with E-state index in [4.69, 9.17) is 9.47 Å². The van der Waals surface area contributed by atoms with Crippen LogP contribution in [-0.2, 0) is 20.8 Å². The topological polar surface area (TPSA) is 38.8 Å². The highest BCUT2D eigenvalue weighted by Crippen LogP contribution is 2.11. The number of benzene rings is 1. The van der Waals surface area contributed by atoms with E-state index in [9.17, 15) is 4.79 Å². The van der Waals surface area contributed by atoms with Gasteiger partial charge in [-0.05, 0) is 5.56 Å². The van der Waals surface area contributed by atoms with Crippen molar-refractivity contribution >= 4 is 5.97 Å². The highest BCUT2D eigenvalue weighted by atomic mass is 16.7. The molecule has 0 aromatic heterocycles. The van der Waals surface area contributed by atoms with Crippen molar-refractivity contribution in [1.82, 2.24) is 4.90 Å². The van der Waals surface area contributed by atoms with Gasteiger partial charge >= 0.3 is 5.97 Å². The predicted molar refractivity (Wildman–Crippen MR) is 63.2 cm³/mol. The highest BCUT2D eigenvalue weighted by molar-refractivity contribution is 5.66. The van der Waals surface area contributed by atoms with Crippen LogP contribution in [0.15, 0.2) is 30.3 Å². The maximum atomic E-state index is 10.9. The molecular weight excluding hydrogens is 218 g/mol. The summed E-state index contributed by atoms with van der Waals surface area (Å²) in [5, 5.41) is 0. The summed E-state index contributed by atoms with van der Waals surface area (Å²) < 4.78 is 10.4. The molecule has 1 aliphatic rings. The van der Waals surface area contributed by atoms with Gasteiger partial charge in [0.15, 0.2) is 0 Å². The molecule has 92 valence electrons. The average Bonchev–Trinajstić information content (AvgIpc) is 2.30. The lowest BCUT2D eigenvalue weighted by atomic mass is 10.2. The largest absolute Gasteiger partial charge is 0.435 e. The zero-order valence-corrected chi connectivity index (χ0v) is 9.96. The highest BCUT2D eigenvalue weighted by Gasteiger charge is 2.22. The van der Waals surface area contributed by atoms with Crippen LogP contribution < -0.4 is 0 Å². The van der Waals surface area contributed by atoms with Crippen LogP contribution in [0.5, 0.6) is 0 Å². The van der Waals surface area contributed by atoms with Gasteiger partial charge in [0.2, 0.25) is 6.29 Å². The lowest BCUT2D eigenvalue weighted by Gasteiger charge is -2.32. The molecule has 4 heteroatoms. The van der Waals surface area contributed by atoms with E-state index in [0.717, 1.165) is 13.1 Å². The number of morpholine rings is 1. The lowest BCUT2D eigenvalue weighted by molar-refractivity contribution is -0.192. The molecule has 0 saturated carbocycles. The van der Waals surface area contributed by atoms with Gasteiger partial charge in [0.25, 0.3) is 0 Å². The van der Waals surface area contributed by atoms with Crippen LogP contribution in [0.25, 0.3) is 0 Å². The van der Waals surface area contributed by atoms with Crippen LogP contribution in [0.2, 0.25) is 0 Å². The number of carbonyl (C=O) groups excluding carboxylic acids is 1. The third kappa shape index (κ3) is 3.84. The first-order chi connectivity index (χ1) is 8.24. The Morgan fingerprint density at radius 2 is 2.24 bits per heavy atom. The minimum Gasteiger partial charge on any atom is -0.435 e. The Morgan fingerprint density at radius 1 is 1.47 bits per heavy atom. The molecule has 0 radical (unpaired) electrons. The molecule has 1 aromatic rings. The van der Waals surface area contributed by atoms with Crippen LogP contribution in [0.3, 0.4) is 0 Å². The van der Waals surface area contributed by atoms with Gasteiger partial charge in [-0.2, -0.15) is 0 Å². The molecule has 1 saturated heterocycles. The summed E-state index contributed by atoms with van der Waals surface area (Å²) in [5.74, 6) is -0.295. The summed E-state index contributed by atoms with van der Waals surface area (Å²) in [6, 6.07) is 10.2. The van der Waals surface area contributed by atoms with E-state index in [1.165, 1.54) is 12.5 Å². The van der Waals surface area contributed by atoms with E-state index in [1.54, 1.807) is 0 Å². The summed E-state index contributed by atoms with van der Waals surface area (Å²) in [5.41, 5.74) is 1.26. The Balaban J connectivity index is 1.87. The van der Waals surface area contributed by atoms with Gasteiger partial charge in [-0.15, -0.1) is 0 Å². The molecule has 1 unspecified atom stereocenters. The molecule has 2 rings (SSSR count). The maximum absolute atomic E-state index is 10.9. The second-order valence-electron chi connectivity index (χ2n) is 4.13. The average molecular weight is 235 g/mol. The number of rotatable bonds is 3.